The lowest BCUT2D eigenvalue weighted by molar-refractivity contribution is -0.215. The van der Waals surface area contributed by atoms with Gasteiger partial charge in [0.25, 0.3) is 0 Å². The molecular formula is C18H27N3O9. The molecule has 0 radical (unpaired) electrons. The van der Waals surface area contributed by atoms with Crippen LogP contribution in [0.3, 0.4) is 0 Å². The van der Waals surface area contributed by atoms with Gasteiger partial charge in [0.1, 0.15) is 12.2 Å². The molecule has 0 saturated carbocycles. The van der Waals surface area contributed by atoms with Gasteiger partial charge in [0, 0.05) is 6.42 Å². The van der Waals surface area contributed by atoms with Gasteiger partial charge in [-0.15, -0.1) is 0 Å². The molecule has 30 heavy (non-hydrogen) atoms. The van der Waals surface area contributed by atoms with Crippen LogP contribution < -0.4 is 17.1 Å². The molecular weight excluding hydrogens is 402 g/mol. The SMILES string of the molecule is O=c1n(CCOCC2CO2)c(=O)n(CCOC2CCO2)c(=O)n1CCOCC1CO1. The Labute approximate surface area is 171 Å². The van der Waals surface area contributed by atoms with Gasteiger partial charge in [0.15, 0.2) is 6.29 Å². The number of aromatic nitrogens is 3. The van der Waals surface area contributed by atoms with Crippen LogP contribution in [-0.4, -0.2) is 85.1 Å². The molecule has 3 unspecified atom stereocenters. The normalized spacial score (nSPS) is 24.6. The first-order valence-corrected chi connectivity index (χ1v) is 10.2. The Morgan fingerprint density at radius 1 is 0.733 bits per heavy atom. The number of hydrogen-bond donors (Lipinski definition) is 0. The average molecular weight is 429 g/mol. The maximum atomic E-state index is 12.8. The molecule has 0 bridgehead atoms. The second kappa shape index (κ2) is 9.98. The molecule has 0 amide bonds. The van der Waals surface area contributed by atoms with E-state index in [9.17, 15) is 14.4 Å². The van der Waals surface area contributed by atoms with Crippen LogP contribution in [0.25, 0.3) is 0 Å². The highest BCUT2D eigenvalue weighted by Crippen LogP contribution is 2.11. The minimum Gasteiger partial charge on any atom is -0.377 e. The fourth-order valence-electron chi connectivity index (χ4n) is 2.95. The van der Waals surface area contributed by atoms with Crippen molar-refractivity contribution in [3.63, 3.8) is 0 Å². The lowest BCUT2D eigenvalue weighted by Gasteiger charge is -2.26. The van der Waals surface area contributed by atoms with E-state index >= 15 is 0 Å². The van der Waals surface area contributed by atoms with Gasteiger partial charge in [0.2, 0.25) is 0 Å². The quantitative estimate of drug-likeness (QED) is 0.238. The van der Waals surface area contributed by atoms with Crippen molar-refractivity contribution in [2.45, 2.75) is 44.6 Å². The molecule has 4 heterocycles. The molecule has 0 spiro atoms. The topological polar surface area (TPSA) is 128 Å². The third-order valence-electron chi connectivity index (χ3n) is 4.99. The molecule has 4 rings (SSSR count). The van der Waals surface area contributed by atoms with Crippen molar-refractivity contribution < 1.29 is 28.4 Å². The average Bonchev–Trinajstić information content (AvgIpc) is 3.59. The number of epoxide rings is 2. The lowest BCUT2D eigenvalue weighted by Crippen LogP contribution is -2.55. The lowest BCUT2D eigenvalue weighted by atomic mass is 10.3. The van der Waals surface area contributed by atoms with Crippen LogP contribution in [0.2, 0.25) is 0 Å². The molecule has 3 atom stereocenters. The zero-order valence-corrected chi connectivity index (χ0v) is 16.7. The first kappa shape index (κ1) is 21.4. The predicted octanol–water partition coefficient (Wildman–Crippen LogP) is -2.23. The Morgan fingerprint density at radius 2 is 1.17 bits per heavy atom. The summed E-state index contributed by atoms with van der Waals surface area (Å²) < 4.78 is 34.7. The summed E-state index contributed by atoms with van der Waals surface area (Å²) in [6.07, 6.45) is 0.657. The van der Waals surface area contributed by atoms with Crippen LogP contribution in [-0.2, 0) is 48.1 Å². The molecule has 0 N–H and O–H groups in total. The molecule has 1 aromatic rings. The van der Waals surface area contributed by atoms with Gasteiger partial charge in [-0.05, 0) is 0 Å². The van der Waals surface area contributed by atoms with E-state index < -0.39 is 17.1 Å². The summed E-state index contributed by atoms with van der Waals surface area (Å²) in [6, 6.07) is 0. The highest BCUT2D eigenvalue weighted by Gasteiger charge is 2.24. The van der Waals surface area contributed by atoms with Crippen molar-refractivity contribution in [1.82, 2.24) is 13.7 Å². The van der Waals surface area contributed by atoms with Gasteiger partial charge in [0.05, 0.1) is 72.5 Å². The van der Waals surface area contributed by atoms with Gasteiger partial charge >= 0.3 is 17.1 Å². The zero-order chi connectivity index (χ0) is 20.9. The van der Waals surface area contributed by atoms with Crippen molar-refractivity contribution in [2.75, 3.05) is 52.9 Å². The highest BCUT2D eigenvalue weighted by molar-refractivity contribution is 4.80. The van der Waals surface area contributed by atoms with Crippen LogP contribution >= 0.6 is 0 Å². The summed E-state index contributed by atoms with van der Waals surface area (Å²) in [6.45, 7) is 3.33. The van der Waals surface area contributed by atoms with Gasteiger partial charge in [-0.1, -0.05) is 0 Å². The zero-order valence-electron chi connectivity index (χ0n) is 16.7. The largest absolute Gasteiger partial charge is 0.377 e. The van der Waals surface area contributed by atoms with E-state index in [-0.39, 0.29) is 58.0 Å². The molecule has 3 saturated heterocycles. The van der Waals surface area contributed by atoms with Crippen molar-refractivity contribution in [3.8, 4) is 0 Å². The maximum absolute atomic E-state index is 12.8. The van der Waals surface area contributed by atoms with E-state index in [4.69, 9.17) is 28.4 Å². The van der Waals surface area contributed by atoms with Crippen molar-refractivity contribution in [1.29, 1.82) is 0 Å². The second-order valence-corrected chi connectivity index (χ2v) is 7.32. The van der Waals surface area contributed by atoms with Gasteiger partial charge in [-0.25, -0.2) is 28.1 Å². The predicted molar refractivity (Wildman–Crippen MR) is 101 cm³/mol. The molecule has 168 valence electrons. The third kappa shape index (κ3) is 5.65. The summed E-state index contributed by atoms with van der Waals surface area (Å²) >= 11 is 0. The Morgan fingerprint density at radius 3 is 1.53 bits per heavy atom. The van der Waals surface area contributed by atoms with E-state index in [0.717, 1.165) is 20.1 Å². The maximum Gasteiger partial charge on any atom is 0.336 e. The Kier molecular flexibility index (Phi) is 7.12. The fourth-order valence-corrected chi connectivity index (χ4v) is 2.95. The van der Waals surface area contributed by atoms with Crippen molar-refractivity contribution in [2.24, 2.45) is 0 Å². The van der Waals surface area contributed by atoms with Gasteiger partial charge in [-0.3, -0.25) is 0 Å². The van der Waals surface area contributed by atoms with Crippen LogP contribution in [0.1, 0.15) is 6.42 Å². The molecule has 12 nitrogen and oxygen atoms in total. The van der Waals surface area contributed by atoms with Crippen LogP contribution in [0.15, 0.2) is 14.4 Å². The number of ether oxygens (including phenoxy) is 6. The molecule has 12 heteroatoms. The molecule has 1 aromatic heterocycles. The highest BCUT2D eigenvalue weighted by atomic mass is 16.7. The molecule has 3 fully saturated rings. The molecule has 0 aromatic carbocycles. The number of rotatable bonds is 14. The molecule has 3 aliphatic rings. The Balaban J connectivity index is 1.45. The summed E-state index contributed by atoms with van der Waals surface area (Å²) in [5, 5.41) is 0. The third-order valence-corrected chi connectivity index (χ3v) is 4.99. The van der Waals surface area contributed by atoms with E-state index in [1.54, 1.807) is 0 Å². The number of nitrogens with zero attached hydrogens (tertiary/aromatic N) is 3. The number of hydrogen-bond acceptors (Lipinski definition) is 9. The minimum absolute atomic E-state index is 0.0192. The monoisotopic (exact) mass is 429 g/mol. The van der Waals surface area contributed by atoms with Gasteiger partial charge in [-0.2, -0.15) is 0 Å². The van der Waals surface area contributed by atoms with Crippen molar-refractivity contribution >= 4 is 0 Å². The van der Waals surface area contributed by atoms with Gasteiger partial charge < -0.3 is 28.4 Å². The summed E-state index contributed by atoms with van der Waals surface area (Å²) in [5.74, 6) is 0. The fraction of sp³-hybridized carbons (Fsp3) is 0.833. The molecule has 0 aliphatic carbocycles. The van der Waals surface area contributed by atoms with Crippen molar-refractivity contribution in [3.05, 3.63) is 31.5 Å². The van der Waals surface area contributed by atoms with E-state index in [1.807, 2.05) is 0 Å². The summed E-state index contributed by atoms with van der Waals surface area (Å²) in [5.41, 5.74) is -2.04. The smallest absolute Gasteiger partial charge is 0.336 e. The summed E-state index contributed by atoms with van der Waals surface area (Å²) in [4.78, 5) is 38.4. The molecule has 3 aliphatic heterocycles. The van der Waals surface area contributed by atoms with E-state index in [1.165, 1.54) is 0 Å². The second-order valence-electron chi connectivity index (χ2n) is 7.32. The first-order chi connectivity index (χ1) is 14.6. The van der Waals surface area contributed by atoms with E-state index in [0.29, 0.717) is 33.0 Å². The standard InChI is InChI=1S/C18H27N3O9/c22-16-19(2-6-25-9-13-11-29-13)17(23)21(4-8-28-15-1-5-27-15)18(24)20(16)3-7-26-10-14-12-30-14/h13-15H,1-12H2. The van der Waals surface area contributed by atoms with Crippen LogP contribution in [0.5, 0.6) is 0 Å². The Hall–Kier alpha value is -1.83. The van der Waals surface area contributed by atoms with Crippen LogP contribution in [0, 0.1) is 0 Å². The van der Waals surface area contributed by atoms with E-state index in [2.05, 4.69) is 0 Å². The Bertz CT molecular complexity index is 822. The minimum atomic E-state index is -0.682. The summed E-state index contributed by atoms with van der Waals surface area (Å²) in [7, 11) is 0. The van der Waals surface area contributed by atoms with Crippen LogP contribution in [0.4, 0.5) is 0 Å². The first-order valence-electron chi connectivity index (χ1n) is 10.2.